The number of anilines is 1. The van der Waals surface area contributed by atoms with Crippen LogP contribution in [0, 0.1) is 0 Å². The lowest BCUT2D eigenvalue weighted by molar-refractivity contribution is -0.128. The topological polar surface area (TPSA) is 76.7 Å². The second-order valence-corrected chi connectivity index (χ2v) is 7.66. The molecule has 7 heteroatoms. The molecule has 0 fully saturated rings. The summed E-state index contributed by atoms with van der Waals surface area (Å²) < 4.78 is 11.9. The van der Waals surface area contributed by atoms with Crippen LogP contribution in [0.15, 0.2) is 83.3 Å². The lowest BCUT2D eigenvalue weighted by Gasteiger charge is -2.09. The van der Waals surface area contributed by atoms with Crippen molar-refractivity contribution in [1.82, 2.24) is 5.32 Å². The highest BCUT2D eigenvalue weighted by atomic mass is 79.9. The molecule has 0 radical (unpaired) electrons. The molecule has 3 aromatic carbocycles. The van der Waals surface area contributed by atoms with Crippen molar-refractivity contribution in [3.05, 3.63) is 94.5 Å². The Bertz CT molecular complexity index is 994. The lowest BCUT2D eigenvalue weighted by Crippen LogP contribution is -2.29. The molecule has 0 saturated carbocycles. The van der Waals surface area contributed by atoms with E-state index in [1.54, 1.807) is 24.3 Å². The van der Waals surface area contributed by atoms with E-state index in [9.17, 15) is 9.59 Å². The average molecular weight is 483 g/mol. The standard InChI is InChI=1S/C24H23BrN2O4/c25-20-8-4-7-19(13-20)14-26-23(28)16-30-17-24(29)27-21-9-11-22(12-10-21)31-15-18-5-2-1-3-6-18/h1-13H,14-17H2,(H,26,28)(H,27,29). The Labute approximate surface area is 189 Å². The van der Waals surface area contributed by atoms with Crippen LogP contribution in [0.2, 0.25) is 0 Å². The number of hydrogen-bond donors (Lipinski definition) is 2. The Morgan fingerprint density at radius 1 is 0.806 bits per heavy atom. The number of ether oxygens (including phenoxy) is 2. The summed E-state index contributed by atoms with van der Waals surface area (Å²) >= 11 is 3.39. The molecular formula is C24H23BrN2O4. The van der Waals surface area contributed by atoms with Crippen molar-refractivity contribution in [3.63, 3.8) is 0 Å². The van der Waals surface area contributed by atoms with Crippen LogP contribution >= 0.6 is 15.9 Å². The van der Waals surface area contributed by atoms with Crippen LogP contribution in [-0.2, 0) is 27.5 Å². The zero-order valence-electron chi connectivity index (χ0n) is 16.8. The first kappa shape index (κ1) is 22.5. The predicted molar refractivity (Wildman–Crippen MR) is 123 cm³/mol. The van der Waals surface area contributed by atoms with E-state index < -0.39 is 0 Å². The maximum Gasteiger partial charge on any atom is 0.250 e. The minimum atomic E-state index is -0.335. The molecule has 31 heavy (non-hydrogen) atoms. The second kappa shape index (κ2) is 11.9. The van der Waals surface area contributed by atoms with E-state index in [0.29, 0.717) is 24.6 Å². The van der Waals surface area contributed by atoms with Gasteiger partial charge >= 0.3 is 0 Å². The maximum absolute atomic E-state index is 12.0. The van der Waals surface area contributed by atoms with Crippen molar-refractivity contribution in [2.24, 2.45) is 0 Å². The van der Waals surface area contributed by atoms with Crippen LogP contribution in [-0.4, -0.2) is 25.0 Å². The largest absolute Gasteiger partial charge is 0.489 e. The second-order valence-electron chi connectivity index (χ2n) is 6.75. The van der Waals surface area contributed by atoms with E-state index in [2.05, 4.69) is 26.6 Å². The summed E-state index contributed by atoms with van der Waals surface area (Å²) in [6, 6.07) is 24.6. The molecule has 2 amide bonds. The highest BCUT2D eigenvalue weighted by Gasteiger charge is 2.07. The quantitative estimate of drug-likeness (QED) is 0.451. The van der Waals surface area contributed by atoms with Gasteiger partial charge in [0.05, 0.1) is 0 Å². The van der Waals surface area contributed by atoms with E-state index in [1.165, 1.54) is 0 Å². The van der Waals surface area contributed by atoms with Gasteiger partial charge in [-0.05, 0) is 47.5 Å². The highest BCUT2D eigenvalue weighted by molar-refractivity contribution is 9.10. The summed E-state index contributed by atoms with van der Waals surface area (Å²) in [7, 11) is 0. The molecule has 0 spiro atoms. The fraction of sp³-hybridized carbons (Fsp3) is 0.167. The lowest BCUT2D eigenvalue weighted by atomic mass is 10.2. The smallest absolute Gasteiger partial charge is 0.250 e. The average Bonchev–Trinajstić information content (AvgIpc) is 2.78. The summed E-state index contributed by atoms with van der Waals surface area (Å²) in [5.74, 6) is 0.0886. The van der Waals surface area contributed by atoms with Gasteiger partial charge in [-0.15, -0.1) is 0 Å². The summed E-state index contributed by atoms with van der Waals surface area (Å²) in [6.07, 6.45) is 0. The van der Waals surface area contributed by atoms with E-state index in [4.69, 9.17) is 9.47 Å². The highest BCUT2D eigenvalue weighted by Crippen LogP contribution is 2.17. The third kappa shape index (κ3) is 8.24. The molecule has 0 aromatic heterocycles. The van der Waals surface area contributed by atoms with Crippen LogP contribution in [0.4, 0.5) is 5.69 Å². The SMILES string of the molecule is O=C(COCC(=O)Nc1ccc(OCc2ccccc2)cc1)NCc1cccc(Br)c1. The summed E-state index contributed by atoms with van der Waals surface area (Å²) in [5, 5.41) is 5.47. The molecule has 0 atom stereocenters. The zero-order chi connectivity index (χ0) is 21.9. The van der Waals surface area contributed by atoms with Crippen molar-refractivity contribution in [3.8, 4) is 5.75 Å². The Morgan fingerprint density at radius 3 is 2.26 bits per heavy atom. The van der Waals surface area contributed by atoms with Crippen LogP contribution in [0.5, 0.6) is 5.75 Å². The van der Waals surface area contributed by atoms with Crippen LogP contribution in [0.3, 0.4) is 0 Å². The van der Waals surface area contributed by atoms with Gasteiger partial charge in [-0.3, -0.25) is 9.59 Å². The Balaban J connectivity index is 1.33. The van der Waals surface area contributed by atoms with Gasteiger partial charge in [-0.1, -0.05) is 58.4 Å². The van der Waals surface area contributed by atoms with Gasteiger partial charge in [-0.2, -0.15) is 0 Å². The fourth-order valence-electron chi connectivity index (χ4n) is 2.71. The number of amides is 2. The summed E-state index contributed by atoms with van der Waals surface area (Å²) in [5.41, 5.74) is 2.68. The van der Waals surface area contributed by atoms with E-state index >= 15 is 0 Å². The number of carbonyl (C=O) groups is 2. The molecule has 160 valence electrons. The molecular weight excluding hydrogens is 460 g/mol. The van der Waals surface area contributed by atoms with Gasteiger partial charge in [0.1, 0.15) is 25.6 Å². The van der Waals surface area contributed by atoms with Gasteiger partial charge in [0, 0.05) is 16.7 Å². The van der Waals surface area contributed by atoms with Crippen molar-refractivity contribution in [2.45, 2.75) is 13.2 Å². The zero-order valence-corrected chi connectivity index (χ0v) is 18.4. The monoisotopic (exact) mass is 482 g/mol. The number of rotatable bonds is 10. The van der Waals surface area contributed by atoms with Crippen molar-refractivity contribution in [2.75, 3.05) is 18.5 Å². The van der Waals surface area contributed by atoms with Crippen molar-refractivity contribution < 1.29 is 19.1 Å². The minimum absolute atomic E-state index is 0.187. The number of hydrogen-bond acceptors (Lipinski definition) is 4. The molecule has 0 heterocycles. The molecule has 0 aliphatic heterocycles. The summed E-state index contributed by atoms with van der Waals surface area (Å²) in [6.45, 7) is 0.473. The summed E-state index contributed by atoms with van der Waals surface area (Å²) in [4.78, 5) is 23.9. The first-order chi connectivity index (χ1) is 15.1. The van der Waals surface area contributed by atoms with Gasteiger partial charge in [-0.25, -0.2) is 0 Å². The normalized spacial score (nSPS) is 10.4. The molecule has 3 rings (SSSR count). The van der Waals surface area contributed by atoms with Crippen LogP contribution < -0.4 is 15.4 Å². The fourth-order valence-corrected chi connectivity index (χ4v) is 3.15. The van der Waals surface area contributed by atoms with Crippen LogP contribution in [0.25, 0.3) is 0 Å². The van der Waals surface area contributed by atoms with Gasteiger partial charge in [0.15, 0.2) is 0 Å². The number of carbonyl (C=O) groups excluding carboxylic acids is 2. The van der Waals surface area contributed by atoms with E-state index in [-0.39, 0.29) is 25.0 Å². The molecule has 0 saturated heterocycles. The molecule has 6 nitrogen and oxygen atoms in total. The Kier molecular flexibility index (Phi) is 8.63. The molecule has 3 aromatic rings. The minimum Gasteiger partial charge on any atom is -0.489 e. The first-order valence-electron chi connectivity index (χ1n) is 9.74. The van der Waals surface area contributed by atoms with Gasteiger partial charge in [0.25, 0.3) is 0 Å². The maximum atomic E-state index is 12.0. The molecule has 0 aliphatic rings. The number of nitrogens with one attached hydrogen (secondary N) is 2. The molecule has 0 bridgehead atoms. The third-order valence-electron chi connectivity index (χ3n) is 4.23. The number of halogens is 1. The third-order valence-corrected chi connectivity index (χ3v) is 4.72. The molecule has 2 N–H and O–H groups in total. The van der Waals surface area contributed by atoms with Crippen molar-refractivity contribution in [1.29, 1.82) is 0 Å². The van der Waals surface area contributed by atoms with Crippen molar-refractivity contribution >= 4 is 33.4 Å². The van der Waals surface area contributed by atoms with E-state index in [0.717, 1.165) is 15.6 Å². The van der Waals surface area contributed by atoms with Crippen LogP contribution in [0.1, 0.15) is 11.1 Å². The van der Waals surface area contributed by atoms with Gasteiger partial charge < -0.3 is 20.1 Å². The predicted octanol–water partition coefficient (Wildman–Crippen LogP) is 4.30. The molecule has 0 aliphatic carbocycles. The first-order valence-corrected chi connectivity index (χ1v) is 10.5. The van der Waals surface area contributed by atoms with Gasteiger partial charge in [0.2, 0.25) is 11.8 Å². The Hall–Kier alpha value is -3.16. The molecule has 0 unspecified atom stereocenters. The number of benzene rings is 3. The van der Waals surface area contributed by atoms with E-state index in [1.807, 2.05) is 54.6 Å². The Morgan fingerprint density at radius 2 is 1.52 bits per heavy atom.